The maximum absolute atomic E-state index is 11.6. The Morgan fingerprint density at radius 3 is 3.00 bits per heavy atom. The molecule has 1 heterocycles. The molecule has 15 heavy (non-hydrogen) atoms. The van der Waals surface area contributed by atoms with Crippen molar-refractivity contribution < 1.29 is 14.6 Å². The SMILES string of the molecule is CC1CCNC1C(=O)NCCOCCO. The van der Waals surface area contributed by atoms with Crippen LogP contribution in [0.4, 0.5) is 0 Å². The third-order valence-corrected chi connectivity index (χ3v) is 2.60. The average Bonchev–Trinajstić information content (AvgIpc) is 2.64. The monoisotopic (exact) mass is 216 g/mol. The maximum atomic E-state index is 11.6. The van der Waals surface area contributed by atoms with Gasteiger partial charge in [-0.15, -0.1) is 0 Å². The number of ether oxygens (including phenoxy) is 1. The molecule has 2 unspecified atom stereocenters. The Kier molecular flexibility index (Phi) is 5.60. The predicted molar refractivity (Wildman–Crippen MR) is 56.5 cm³/mol. The molecule has 1 aliphatic heterocycles. The van der Waals surface area contributed by atoms with Crippen LogP contribution < -0.4 is 10.6 Å². The molecule has 0 aromatic rings. The largest absolute Gasteiger partial charge is 0.394 e. The fraction of sp³-hybridized carbons (Fsp3) is 0.900. The van der Waals surface area contributed by atoms with Crippen molar-refractivity contribution in [1.29, 1.82) is 0 Å². The smallest absolute Gasteiger partial charge is 0.237 e. The summed E-state index contributed by atoms with van der Waals surface area (Å²) in [5.41, 5.74) is 0. The van der Waals surface area contributed by atoms with Gasteiger partial charge in [0.15, 0.2) is 0 Å². The van der Waals surface area contributed by atoms with E-state index in [2.05, 4.69) is 17.6 Å². The number of aliphatic hydroxyl groups excluding tert-OH is 1. The summed E-state index contributed by atoms with van der Waals surface area (Å²) in [4.78, 5) is 11.6. The van der Waals surface area contributed by atoms with Crippen LogP contribution in [0, 0.1) is 5.92 Å². The van der Waals surface area contributed by atoms with Crippen LogP contribution in [0.1, 0.15) is 13.3 Å². The standard InChI is InChI=1S/C10H20N2O3/c1-8-2-3-11-9(8)10(14)12-4-6-15-7-5-13/h8-9,11,13H,2-7H2,1H3,(H,12,14). The Hall–Kier alpha value is -0.650. The quantitative estimate of drug-likeness (QED) is 0.504. The summed E-state index contributed by atoms with van der Waals surface area (Å²) < 4.78 is 5.04. The molecule has 0 aromatic heterocycles. The molecule has 5 nitrogen and oxygen atoms in total. The Morgan fingerprint density at radius 1 is 1.60 bits per heavy atom. The lowest BCUT2D eigenvalue weighted by Gasteiger charge is -2.15. The number of carbonyl (C=O) groups excluding carboxylic acids is 1. The van der Waals surface area contributed by atoms with Gasteiger partial charge < -0.3 is 20.5 Å². The van der Waals surface area contributed by atoms with E-state index in [4.69, 9.17) is 9.84 Å². The molecular formula is C10H20N2O3. The van der Waals surface area contributed by atoms with E-state index < -0.39 is 0 Å². The van der Waals surface area contributed by atoms with Crippen LogP contribution in [0.15, 0.2) is 0 Å². The van der Waals surface area contributed by atoms with E-state index in [1.807, 2.05) is 0 Å². The lowest BCUT2D eigenvalue weighted by molar-refractivity contribution is -0.123. The Balaban J connectivity index is 2.08. The van der Waals surface area contributed by atoms with Crippen molar-refractivity contribution >= 4 is 5.91 Å². The molecule has 2 atom stereocenters. The maximum Gasteiger partial charge on any atom is 0.237 e. The van der Waals surface area contributed by atoms with Crippen LogP contribution >= 0.6 is 0 Å². The minimum atomic E-state index is -0.0529. The molecule has 0 aromatic carbocycles. The topological polar surface area (TPSA) is 70.6 Å². The fourth-order valence-corrected chi connectivity index (χ4v) is 1.71. The Bertz CT molecular complexity index is 199. The van der Waals surface area contributed by atoms with Crippen LogP contribution in [0.2, 0.25) is 0 Å². The van der Waals surface area contributed by atoms with Crippen LogP contribution in [0.25, 0.3) is 0 Å². The van der Waals surface area contributed by atoms with Crippen LogP contribution in [0.5, 0.6) is 0 Å². The molecule has 1 rings (SSSR count). The third-order valence-electron chi connectivity index (χ3n) is 2.60. The number of hydrogen-bond donors (Lipinski definition) is 3. The van der Waals surface area contributed by atoms with Gasteiger partial charge >= 0.3 is 0 Å². The molecule has 3 N–H and O–H groups in total. The molecule has 1 aliphatic rings. The molecule has 0 bridgehead atoms. The third kappa shape index (κ3) is 4.15. The number of hydrogen-bond acceptors (Lipinski definition) is 4. The molecule has 5 heteroatoms. The first-order valence-corrected chi connectivity index (χ1v) is 5.45. The van der Waals surface area contributed by atoms with Crippen LogP contribution in [-0.2, 0) is 9.53 Å². The van der Waals surface area contributed by atoms with Gasteiger partial charge in [-0.05, 0) is 18.9 Å². The van der Waals surface area contributed by atoms with Crippen molar-refractivity contribution in [2.24, 2.45) is 5.92 Å². The van der Waals surface area contributed by atoms with E-state index in [1.54, 1.807) is 0 Å². The van der Waals surface area contributed by atoms with Gasteiger partial charge in [0.25, 0.3) is 0 Å². The molecule has 0 radical (unpaired) electrons. The first-order chi connectivity index (χ1) is 7.25. The van der Waals surface area contributed by atoms with Gasteiger partial charge in [0, 0.05) is 6.54 Å². The lowest BCUT2D eigenvalue weighted by atomic mass is 10.0. The van der Waals surface area contributed by atoms with E-state index in [0.29, 0.717) is 25.7 Å². The summed E-state index contributed by atoms with van der Waals surface area (Å²) >= 11 is 0. The molecule has 0 aliphatic carbocycles. The summed E-state index contributed by atoms with van der Waals surface area (Å²) in [6.45, 7) is 4.30. The normalized spacial score (nSPS) is 25.5. The van der Waals surface area contributed by atoms with Crippen molar-refractivity contribution in [1.82, 2.24) is 10.6 Å². The van der Waals surface area contributed by atoms with Crippen molar-refractivity contribution in [3.05, 3.63) is 0 Å². The second-order valence-electron chi connectivity index (χ2n) is 3.82. The number of amides is 1. The van der Waals surface area contributed by atoms with E-state index in [9.17, 15) is 4.79 Å². The minimum absolute atomic E-state index is 0.0230. The van der Waals surface area contributed by atoms with Gasteiger partial charge in [0.1, 0.15) is 0 Å². The molecule has 88 valence electrons. The Morgan fingerprint density at radius 2 is 2.40 bits per heavy atom. The van der Waals surface area contributed by atoms with Gasteiger partial charge in [-0.1, -0.05) is 6.92 Å². The molecule has 1 fully saturated rings. The summed E-state index contributed by atoms with van der Waals surface area (Å²) in [5, 5.41) is 14.4. The number of carbonyl (C=O) groups is 1. The predicted octanol–water partition coefficient (Wildman–Crippen LogP) is -0.890. The van der Waals surface area contributed by atoms with Crippen molar-refractivity contribution in [3.8, 4) is 0 Å². The summed E-state index contributed by atoms with van der Waals surface area (Å²) in [6.07, 6.45) is 1.05. The molecule has 1 saturated heterocycles. The highest BCUT2D eigenvalue weighted by molar-refractivity contribution is 5.82. The zero-order chi connectivity index (χ0) is 11.1. The highest BCUT2D eigenvalue weighted by Gasteiger charge is 2.28. The summed E-state index contributed by atoms with van der Waals surface area (Å²) in [6, 6.07) is -0.0529. The van der Waals surface area contributed by atoms with Gasteiger partial charge in [-0.2, -0.15) is 0 Å². The van der Waals surface area contributed by atoms with E-state index >= 15 is 0 Å². The fourth-order valence-electron chi connectivity index (χ4n) is 1.71. The van der Waals surface area contributed by atoms with Crippen molar-refractivity contribution in [2.75, 3.05) is 32.9 Å². The van der Waals surface area contributed by atoms with Crippen molar-refractivity contribution in [3.63, 3.8) is 0 Å². The highest BCUT2D eigenvalue weighted by atomic mass is 16.5. The van der Waals surface area contributed by atoms with Gasteiger partial charge in [0.2, 0.25) is 5.91 Å². The minimum Gasteiger partial charge on any atom is -0.394 e. The van der Waals surface area contributed by atoms with Crippen LogP contribution in [0.3, 0.4) is 0 Å². The van der Waals surface area contributed by atoms with E-state index in [0.717, 1.165) is 13.0 Å². The number of aliphatic hydroxyl groups is 1. The number of rotatable bonds is 6. The number of nitrogens with one attached hydrogen (secondary N) is 2. The highest BCUT2D eigenvalue weighted by Crippen LogP contribution is 2.13. The van der Waals surface area contributed by atoms with Crippen LogP contribution in [-0.4, -0.2) is 50.0 Å². The van der Waals surface area contributed by atoms with Gasteiger partial charge in [-0.25, -0.2) is 0 Å². The summed E-state index contributed by atoms with van der Waals surface area (Å²) in [7, 11) is 0. The van der Waals surface area contributed by atoms with Gasteiger partial charge in [-0.3, -0.25) is 4.79 Å². The van der Waals surface area contributed by atoms with E-state index in [-0.39, 0.29) is 18.6 Å². The zero-order valence-electron chi connectivity index (χ0n) is 9.16. The summed E-state index contributed by atoms with van der Waals surface area (Å²) in [5.74, 6) is 0.455. The second-order valence-corrected chi connectivity index (χ2v) is 3.82. The molecule has 1 amide bonds. The first kappa shape index (κ1) is 12.4. The average molecular weight is 216 g/mol. The second kappa shape index (κ2) is 6.76. The molecular weight excluding hydrogens is 196 g/mol. The first-order valence-electron chi connectivity index (χ1n) is 5.45. The Labute approximate surface area is 90.2 Å². The van der Waals surface area contributed by atoms with E-state index in [1.165, 1.54) is 0 Å². The molecule has 0 spiro atoms. The zero-order valence-corrected chi connectivity index (χ0v) is 9.16. The molecule has 0 saturated carbocycles. The van der Waals surface area contributed by atoms with Gasteiger partial charge in [0.05, 0.1) is 25.9 Å². The lowest BCUT2D eigenvalue weighted by Crippen LogP contribution is -2.44. The van der Waals surface area contributed by atoms with Crippen molar-refractivity contribution in [2.45, 2.75) is 19.4 Å².